The van der Waals surface area contributed by atoms with Crippen LogP contribution < -0.4 is 5.32 Å². The van der Waals surface area contributed by atoms with Crippen molar-refractivity contribution in [2.75, 3.05) is 57.9 Å². The Morgan fingerprint density at radius 2 is 1.79 bits per heavy atom. The highest BCUT2D eigenvalue weighted by molar-refractivity contribution is 5.79. The summed E-state index contributed by atoms with van der Waals surface area (Å²) >= 11 is 0. The highest BCUT2D eigenvalue weighted by Crippen LogP contribution is 2.26. The van der Waals surface area contributed by atoms with Crippen LogP contribution in [-0.2, 0) is 14.3 Å². The molecule has 2 atom stereocenters. The summed E-state index contributed by atoms with van der Waals surface area (Å²) in [6.45, 7) is 8.11. The zero-order chi connectivity index (χ0) is 20.1. The Balaban J connectivity index is 1.47. The third-order valence-electron chi connectivity index (χ3n) is 6.31. The monoisotopic (exact) mass is 403 g/mol. The van der Waals surface area contributed by atoms with Crippen molar-refractivity contribution in [2.24, 2.45) is 5.92 Å². The van der Waals surface area contributed by atoms with E-state index in [4.69, 9.17) is 9.47 Å². The topological polar surface area (TPSA) is 79.8 Å². The maximum atomic E-state index is 13.2. The zero-order valence-electron chi connectivity index (χ0n) is 17.4. The van der Waals surface area contributed by atoms with E-state index in [2.05, 4.69) is 20.2 Å². The predicted molar refractivity (Wildman–Crippen MR) is 110 cm³/mol. The first-order valence-electron chi connectivity index (χ1n) is 10.9. The van der Waals surface area contributed by atoms with Gasteiger partial charge in [0.25, 0.3) is 0 Å². The van der Waals surface area contributed by atoms with Gasteiger partial charge in [-0.05, 0) is 32.6 Å². The maximum absolute atomic E-state index is 13.2. The molecule has 1 aromatic rings. The number of rotatable bonds is 4. The van der Waals surface area contributed by atoms with Crippen molar-refractivity contribution >= 4 is 11.7 Å². The standard InChI is InChI=1S/C21H33N5O3/c1-16-12-20(23-15-22-16)24-18-3-2-17(21(27)25-6-10-29-11-7-25)13-26(14-18)19-4-8-28-9-5-19/h12,15,17-19H,2-11,13-14H2,1H3,(H,22,23,24)/t17-,18+/m1/s1. The molecule has 3 aliphatic rings. The molecule has 3 aliphatic heterocycles. The molecule has 29 heavy (non-hydrogen) atoms. The molecule has 0 spiro atoms. The van der Waals surface area contributed by atoms with E-state index in [1.54, 1.807) is 6.33 Å². The van der Waals surface area contributed by atoms with E-state index < -0.39 is 0 Å². The Labute approximate surface area is 173 Å². The van der Waals surface area contributed by atoms with Crippen molar-refractivity contribution in [1.82, 2.24) is 19.8 Å². The Morgan fingerprint density at radius 1 is 1.03 bits per heavy atom. The Morgan fingerprint density at radius 3 is 2.55 bits per heavy atom. The second-order valence-electron chi connectivity index (χ2n) is 8.40. The number of carbonyl (C=O) groups is 1. The number of aromatic nitrogens is 2. The fourth-order valence-electron chi connectivity index (χ4n) is 4.68. The molecule has 0 radical (unpaired) electrons. The molecule has 3 saturated heterocycles. The van der Waals surface area contributed by atoms with Crippen molar-refractivity contribution in [2.45, 2.75) is 44.7 Å². The molecule has 4 heterocycles. The number of nitrogens with zero attached hydrogens (tertiary/aromatic N) is 4. The van der Waals surface area contributed by atoms with Gasteiger partial charge in [0, 0.05) is 63.2 Å². The van der Waals surface area contributed by atoms with Crippen molar-refractivity contribution in [1.29, 1.82) is 0 Å². The normalized spacial score (nSPS) is 27.4. The summed E-state index contributed by atoms with van der Waals surface area (Å²) in [5, 5.41) is 3.60. The van der Waals surface area contributed by atoms with Crippen LogP contribution in [0, 0.1) is 12.8 Å². The lowest BCUT2D eigenvalue weighted by Crippen LogP contribution is -2.49. The van der Waals surface area contributed by atoms with E-state index >= 15 is 0 Å². The molecule has 1 N–H and O–H groups in total. The minimum Gasteiger partial charge on any atom is -0.381 e. The number of aryl methyl sites for hydroxylation is 1. The molecule has 0 unspecified atom stereocenters. The van der Waals surface area contributed by atoms with Gasteiger partial charge in [0.15, 0.2) is 0 Å². The lowest BCUT2D eigenvalue weighted by atomic mass is 9.99. The van der Waals surface area contributed by atoms with Gasteiger partial charge in [-0.15, -0.1) is 0 Å². The van der Waals surface area contributed by atoms with Crippen LogP contribution in [0.1, 0.15) is 31.4 Å². The van der Waals surface area contributed by atoms with Crippen LogP contribution in [0.3, 0.4) is 0 Å². The van der Waals surface area contributed by atoms with E-state index in [1.807, 2.05) is 17.9 Å². The smallest absolute Gasteiger partial charge is 0.227 e. The van der Waals surface area contributed by atoms with E-state index in [-0.39, 0.29) is 12.0 Å². The summed E-state index contributed by atoms with van der Waals surface area (Å²) in [5.41, 5.74) is 0.956. The number of hydrogen-bond donors (Lipinski definition) is 1. The average Bonchev–Trinajstić information content (AvgIpc) is 2.97. The molecule has 0 bridgehead atoms. The Hall–Kier alpha value is -1.77. The maximum Gasteiger partial charge on any atom is 0.227 e. The molecule has 3 fully saturated rings. The molecular formula is C21H33N5O3. The summed E-state index contributed by atoms with van der Waals surface area (Å²) in [7, 11) is 0. The third-order valence-corrected chi connectivity index (χ3v) is 6.31. The number of carbonyl (C=O) groups excluding carboxylic acids is 1. The summed E-state index contributed by atoms with van der Waals surface area (Å²) in [5.74, 6) is 1.21. The predicted octanol–water partition coefficient (Wildman–Crippen LogP) is 1.32. The number of nitrogens with one attached hydrogen (secondary N) is 1. The molecule has 1 amide bonds. The third kappa shape index (κ3) is 5.43. The molecule has 1 aromatic heterocycles. The van der Waals surface area contributed by atoms with Crippen LogP contribution >= 0.6 is 0 Å². The van der Waals surface area contributed by atoms with Crippen molar-refractivity contribution in [3.8, 4) is 0 Å². The lowest BCUT2D eigenvalue weighted by Gasteiger charge is -2.37. The van der Waals surface area contributed by atoms with E-state index in [0.717, 1.165) is 63.5 Å². The minimum atomic E-state index is 0.0508. The number of likely N-dealkylation sites (tertiary alicyclic amines) is 1. The van der Waals surface area contributed by atoms with Gasteiger partial charge < -0.3 is 19.7 Å². The fraction of sp³-hybridized carbons (Fsp3) is 0.762. The highest BCUT2D eigenvalue weighted by atomic mass is 16.5. The van der Waals surface area contributed by atoms with Gasteiger partial charge in [0.1, 0.15) is 12.1 Å². The lowest BCUT2D eigenvalue weighted by molar-refractivity contribution is -0.140. The largest absolute Gasteiger partial charge is 0.381 e. The van der Waals surface area contributed by atoms with Gasteiger partial charge in [-0.25, -0.2) is 9.97 Å². The van der Waals surface area contributed by atoms with E-state index in [0.29, 0.717) is 38.3 Å². The number of morpholine rings is 1. The van der Waals surface area contributed by atoms with Crippen molar-refractivity contribution in [3.63, 3.8) is 0 Å². The van der Waals surface area contributed by atoms with E-state index in [9.17, 15) is 4.79 Å². The molecule has 160 valence electrons. The SMILES string of the molecule is Cc1cc(N[C@H]2CC[C@@H](C(=O)N3CCOCC3)CN(C3CCOCC3)C2)ncn1. The van der Waals surface area contributed by atoms with Crippen LogP contribution in [0.25, 0.3) is 0 Å². The first-order valence-corrected chi connectivity index (χ1v) is 10.9. The molecule has 8 nitrogen and oxygen atoms in total. The quantitative estimate of drug-likeness (QED) is 0.812. The minimum absolute atomic E-state index is 0.0508. The molecule has 0 aliphatic carbocycles. The summed E-state index contributed by atoms with van der Waals surface area (Å²) in [6.07, 6.45) is 5.55. The van der Waals surface area contributed by atoms with E-state index in [1.165, 1.54) is 0 Å². The number of hydrogen-bond acceptors (Lipinski definition) is 7. The molecule has 0 aromatic carbocycles. The summed E-state index contributed by atoms with van der Waals surface area (Å²) in [4.78, 5) is 26.3. The van der Waals surface area contributed by atoms with Crippen LogP contribution in [0.5, 0.6) is 0 Å². The van der Waals surface area contributed by atoms with Gasteiger partial charge in [-0.1, -0.05) is 0 Å². The van der Waals surface area contributed by atoms with Crippen LogP contribution in [0.15, 0.2) is 12.4 Å². The van der Waals surface area contributed by atoms with Gasteiger partial charge in [-0.2, -0.15) is 0 Å². The first kappa shape index (κ1) is 20.5. The summed E-state index contributed by atoms with van der Waals surface area (Å²) < 4.78 is 11.0. The average molecular weight is 404 g/mol. The Bertz CT molecular complexity index is 676. The highest BCUT2D eigenvalue weighted by Gasteiger charge is 2.34. The summed E-state index contributed by atoms with van der Waals surface area (Å²) in [6, 6.07) is 2.74. The van der Waals surface area contributed by atoms with Crippen molar-refractivity contribution in [3.05, 3.63) is 18.1 Å². The number of anilines is 1. The Kier molecular flexibility index (Phi) is 6.94. The second-order valence-corrected chi connectivity index (χ2v) is 8.40. The zero-order valence-corrected chi connectivity index (χ0v) is 17.4. The second kappa shape index (κ2) is 9.82. The van der Waals surface area contributed by atoms with Crippen molar-refractivity contribution < 1.29 is 14.3 Å². The fourth-order valence-corrected chi connectivity index (χ4v) is 4.68. The van der Waals surface area contributed by atoms with Gasteiger partial charge in [-0.3, -0.25) is 9.69 Å². The van der Waals surface area contributed by atoms with Crippen LogP contribution in [0.4, 0.5) is 5.82 Å². The van der Waals surface area contributed by atoms with Gasteiger partial charge in [0.2, 0.25) is 5.91 Å². The molecule has 8 heteroatoms. The van der Waals surface area contributed by atoms with Gasteiger partial charge >= 0.3 is 0 Å². The number of amides is 1. The van der Waals surface area contributed by atoms with Crippen LogP contribution in [-0.4, -0.2) is 90.4 Å². The molecular weight excluding hydrogens is 370 g/mol. The number of ether oxygens (including phenoxy) is 2. The molecule has 4 rings (SSSR count). The van der Waals surface area contributed by atoms with Crippen LogP contribution in [0.2, 0.25) is 0 Å². The first-order chi connectivity index (χ1) is 14.2. The molecule has 0 saturated carbocycles. The van der Waals surface area contributed by atoms with Gasteiger partial charge in [0.05, 0.1) is 19.1 Å².